The number of aryl methyl sites for hydroxylation is 2. The number of furan rings is 1. The summed E-state index contributed by atoms with van der Waals surface area (Å²) in [4.78, 5) is 9.06. The molecule has 0 saturated carbocycles. The van der Waals surface area contributed by atoms with Crippen molar-refractivity contribution in [2.45, 2.75) is 19.4 Å². The SMILES string of the molecule is CS(=O)(=O)OCCOc1ccc(CCCn2ncc3c2nc(N)n2nc(-c4ccco4)nc32)cc1. The van der Waals surface area contributed by atoms with Crippen molar-refractivity contribution in [2.75, 3.05) is 25.2 Å². The van der Waals surface area contributed by atoms with Crippen LogP contribution in [0.2, 0.25) is 0 Å². The highest BCUT2D eigenvalue weighted by Crippen LogP contribution is 2.23. The Kier molecular flexibility index (Phi) is 6.09. The third-order valence-corrected chi connectivity index (χ3v) is 5.84. The van der Waals surface area contributed by atoms with Crippen LogP contribution < -0.4 is 10.5 Å². The minimum Gasteiger partial charge on any atom is -0.491 e. The molecule has 0 unspecified atom stereocenters. The van der Waals surface area contributed by atoms with Crippen LogP contribution in [-0.2, 0) is 27.3 Å². The van der Waals surface area contributed by atoms with E-state index in [1.807, 2.05) is 28.9 Å². The molecule has 0 aliphatic heterocycles. The zero-order valence-corrected chi connectivity index (χ0v) is 19.7. The lowest BCUT2D eigenvalue weighted by Gasteiger charge is -2.08. The molecule has 0 atom stereocenters. The number of rotatable bonds is 10. The highest BCUT2D eigenvalue weighted by Gasteiger charge is 2.17. The van der Waals surface area contributed by atoms with Crippen molar-refractivity contribution < 1.29 is 21.8 Å². The van der Waals surface area contributed by atoms with Crippen molar-refractivity contribution in [1.82, 2.24) is 29.4 Å². The summed E-state index contributed by atoms with van der Waals surface area (Å²) >= 11 is 0. The van der Waals surface area contributed by atoms with Gasteiger partial charge in [0.25, 0.3) is 10.1 Å². The molecule has 0 bridgehead atoms. The van der Waals surface area contributed by atoms with E-state index in [0.29, 0.717) is 35.2 Å². The molecule has 0 radical (unpaired) electrons. The van der Waals surface area contributed by atoms with Crippen LogP contribution in [0.25, 0.3) is 28.3 Å². The normalized spacial score (nSPS) is 12.0. The average molecular weight is 498 g/mol. The maximum absolute atomic E-state index is 11.0. The fraction of sp³-hybridized carbons (Fsp3) is 0.273. The average Bonchev–Trinajstić information content (AvgIpc) is 3.57. The Hall–Kier alpha value is -3.97. The van der Waals surface area contributed by atoms with Gasteiger partial charge in [-0.3, -0.25) is 4.18 Å². The van der Waals surface area contributed by atoms with Crippen LogP contribution in [0.3, 0.4) is 0 Å². The van der Waals surface area contributed by atoms with Crippen molar-refractivity contribution in [3.8, 4) is 17.3 Å². The first kappa shape index (κ1) is 22.8. The van der Waals surface area contributed by atoms with Crippen LogP contribution in [0.5, 0.6) is 5.75 Å². The van der Waals surface area contributed by atoms with E-state index in [-0.39, 0.29) is 19.2 Å². The van der Waals surface area contributed by atoms with Crippen LogP contribution in [0.4, 0.5) is 5.95 Å². The first-order valence-electron chi connectivity index (χ1n) is 10.9. The van der Waals surface area contributed by atoms with E-state index in [4.69, 9.17) is 14.9 Å². The Morgan fingerprint density at radius 3 is 2.66 bits per heavy atom. The molecule has 1 aromatic carbocycles. The van der Waals surface area contributed by atoms with Gasteiger partial charge < -0.3 is 14.9 Å². The fourth-order valence-electron chi connectivity index (χ4n) is 3.66. The van der Waals surface area contributed by atoms with Crippen molar-refractivity contribution >= 4 is 32.7 Å². The number of aromatic nitrogens is 6. The summed E-state index contributed by atoms with van der Waals surface area (Å²) in [6.07, 6.45) is 5.94. The number of nitrogens with two attached hydrogens (primary N) is 1. The Bertz CT molecular complexity index is 1560. The molecule has 5 rings (SSSR count). The van der Waals surface area contributed by atoms with E-state index in [1.54, 1.807) is 24.6 Å². The van der Waals surface area contributed by atoms with E-state index in [9.17, 15) is 8.42 Å². The third-order valence-electron chi connectivity index (χ3n) is 5.25. The zero-order chi connectivity index (χ0) is 24.4. The minimum atomic E-state index is -3.46. The lowest BCUT2D eigenvalue weighted by atomic mass is 10.1. The molecule has 0 aliphatic rings. The molecule has 12 nitrogen and oxygen atoms in total. The minimum absolute atomic E-state index is 0.0256. The number of hydrogen-bond acceptors (Lipinski definition) is 10. The smallest absolute Gasteiger partial charge is 0.264 e. The van der Waals surface area contributed by atoms with Gasteiger partial charge in [0.05, 0.1) is 24.1 Å². The number of nitrogen functional groups attached to an aromatic ring is 1. The van der Waals surface area contributed by atoms with E-state index in [1.165, 1.54) is 4.52 Å². The van der Waals surface area contributed by atoms with Gasteiger partial charge in [-0.1, -0.05) is 12.1 Å². The molecule has 0 fully saturated rings. The van der Waals surface area contributed by atoms with Gasteiger partial charge in [-0.2, -0.15) is 23.0 Å². The van der Waals surface area contributed by atoms with Gasteiger partial charge in [-0.15, -0.1) is 5.10 Å². The summed E-state index contributed by atoms with van der Waals surface area (Å²) < 4.78 is 40.8. The summed E-state index contributed by atoms with van der Waals surface area (Å²) in [5, 5.41) is 9.64. The predicted molar refractivity (Wildman–Crippen MR) is 127 cm³/mol. The molecule has 2 N–H and O–H groups in total. The van der Waals surface area contributed by atoms with Gasteiger partial charge in [0, 0.05) is 6.54 Å². The monoisotopic (exact) mass is 497 g/mol. The van der Waals surface area contributed by atoms with Crippen LogP contribution in [0.1, 0.15) is 12.0 Å². The second-order valence-corrected chi connectivity index (χ2v) is 9.49. The summed E-state index contributed by atoms with van der Waals surface area (Å²) in [7, 11) is -3.46. The maximum Gasteiger partial charge on any atom is 0.264 e. The lowest BCUT2D eigenvalue weighted by Crippen LogP contribution is -2.11. The van der Waals surface area contributed by atoms with Crippen LogP contribution in [0.15, 0.2) is 53.3 Å². The van der Waals surface area contributed by atoms with Crippen LogP contribution in [0, 0.1) is 0 Å². The maximum atomic E-state index is 11.0. The topological polar surface area (TPSA) is 153 Å². The molecule has 13 heteroatoms. The molecular weight excluding hydrogens is 474 g/mol. The van der Waals surface area contributed by atoms with Crippen molar-refractivity contribution in [3.63, 3.8) is 0 Å². The highest BCUT2D eigenvalue weighted by atomic mass is 32.2. The van der Waals surface area contributed by atoms with Gasteiger partial charge in [0.1, 0.15) is 19.0 Å². The Balaban J connectivity index is 1.22. The molecule has 5 aromatic rings. The quantitative estimate of drug-likeness (QED) is 0.225. The van der Waals surface area contributed by atoms with Crippen LogP contribution >= 0.6 is 0 Å². The summed E-state index contributed by atoms with van der Waals surface area (Å²) in [5.41, 5.74) is 8.50. The van der Waals surface area contributed by atoms with Crippen molar-refractivity contribution in [1.29, 1.82) is 0 Å². The first-order chi connectivity index (χ1) is 16.9. The second kappa shape index (κ2) is 9.35. The third kappa shape index (κ3) is 5.10. The largest absolute Gasteiger partial charge is 0.491 e. The molecule has 0 spiro atoms. The second-order valence-electron chi connectivity index (χ2n) is 7.85. The van der Waals surface area contributed by atoms with Gasteiger partial charge in [0.15, 0.2) is 17.1 Å². The van der Waals surface area contributed by atoms with E-state index >= 15 is 0 Å². The molecule has 0 saturated heterocycles. The molecule has 0 amide bonds. The number of hydrogen-bond donors (Lipinski definition) is 1. The van der Waals surface area contributed by atoms with Crippen molar-refractivity contribution in [3.05, 3.63) is 54.4 Å². The molecular formula is C22H23N7O5S. The molecule has 182 valence electrons. The highest BCUT2D eigenvalue weighted by molar-refractivity contribution is 7.85. The molecule has 4 aromatic heterocycles. The standard InChI is InChI=1S/C22H23N7O5S/c1-35(30,31)34-13-12-32-16-8-6-15(7-9-16)4-2-10-28-20-17(14-24-28)21-25-19(18-5-3-11-33-18)27-29(21)22(23)26-20/h3,5-9,11,14H,2,4,10,12-13H2,1H3,(H2,23,26). The number of nitrogens with zero attached hydrogens (tertiary/aromatic N) is 6. The summed E-state index contributed by atoms with van der Waals surface area (Å²) in [6.45, 7) is 0.770. The predicted octanol–water partition coefficient (Wildman–Crippen LogP) is 2.30. The van der Waals surface area contributed by atoms with E-state index < -0.39 is 10.1 Å². The van der Waals surface area contributed by atoms with Crippen molar-refractivity contribution in [2.24, 2.45) is 0 Å². The Morgan fingerprint density at radius 2 is 1.91 bits per heavy atom. The number of anilines is 1. The fourth-order valence-corrected chi connectivity index (χ4v) is 4.03. The Morgan fingerprint density at radius 1 is 1.09 bits per heavy atom. The van der Waals surface area contributed by atoms with Crippen LogP contribution in [-0.4, -0.2) is 57.2 Å². The summed E-state index contributed by atoms with van der Waals surface area (Å²) in [6, 6.07) is 11.2. The first-order valence-corrected chi connectivity index (χ1v) is 12.7. The zero-order valence-electron chi connectivity index (χ0n) is 18.9. The lowest BCUT2D eigenvalue weighted by molar-refractivity contribution is 0.222. The van der Waals surface area contributed by atoms with Gasteiger partial charge in [-0.25, -0.2) is 9.67 Å². The van der Waals surface area contributed by atoms with Gasteiger partial charge >= 0.3 is 0 Å². The molecule has 4 heterocycles. The Labute approximate surface area is 200 Å². The number of ether oxygens (including phenoxy) is 1. The molecule has 35 heavy (non-hydrogen) atoms. The number of benzene rings is 1. The van der Waals surface area contributed by atoms with E-state index in [0.717, 1.165) is 30.0 Å². The van der Waals surface area contributed by atoms with Gasteiger partial charge in [0.2, 0.25) is 11.8 Å². The number of fused-ring (bicyclic) bond motifs is 3. The van der Waals surface area contributed by atoms with E-state index in [2.05, 4.69) is 24.3 Å². The molecule has 0 aliphatic carbocycles. The van der Waals surface area contributed by atoms with Gasteiger partial charge in [-0.05, 0) is 42.7 Å². The summed E-state index contributed by atoms with van der Waals surface area (Å²) in [5.74, 6) is 1.85.